The summed E-state index contributed by atoms with van der Waals surface area (Å²) >= 11 is 2.92. The summed E-state index contributed by atoms with van der Waals surface area (Å²) < 4.78 is 27.0. The Kier molecular flexibility index (Phi) is 3.67. The highest BCUT2D eigenvalue weighted by Gasteiger charge is 2.10. The second-order valence-electron chi connectivity index (χ2n) is 3.67. The molecule has 0 saturated carbocycles. The Morgan fingerprint density at radius 2 is 2.22 bits per heavy atom. The van der Waals surface area contributed by atoms with Crippen molar-refractivity contribution in [2.24, 2.45) is 7.05 Å². The van der Waals surface area contributed by atoms with E-state index in [0.717, 1.165) is 5.56 Å². The number of halogens is 1. The molecular weight excluding hydrogens is 320 g/mol. The van der Waals surface area contributed by atoms with Crippen LogP contribution in [0.25, 0.3) is 11.4 Å². The van der Waals surface area contributed by atoms with Crippen molar-refractivity contribution >= 4 is 31.6 Å². The Labute approximate surface area is 113 Å². The molecule has 0 radical (unpaired) electrons. The molecule has 0 bridgehead atoms. The minimum Gasteiger partial charge on any atom is -0.317 e. The third-order valence-corrected chi connectivity index (χ3v) is 4.89. The van der Waals surface area contributed by atoms with Crippen molar-refractivity contribution in [3.05, 3.63) is 30.6 Å². The fraction of sp³-hybridized carbons (Fsp3) is 0.200. The van der Waals surface area contributed by atoms with Gasteiger partial charge >= 0.3 is 0 Å². The van der Waals surface area contributed by atoms with Gasteiger partial charge in [0.05, 0.1) is 0 Å². The summed E-state index contributed by atoms with van der Waals surface area (Å²) in [6, 6.07) is 7.00. The summed E-state index contributed by atoms with van der Waals surface area (Å²) in [4.78, 5) is 0. The van der Waals surface area contributed by atoms with E-state index in [-0.39, 0.29) is 4.66 Å². The van der Waals surface area contributed by atoms with Crippen LogP contribution in [0.15, 0.2) is 30.6 Å². The van der Waals surface area contributed by atoms with Crippen LogP contribution in [0.4, 0.5) is 5.69 Å². The molecule has 1 N–H and O–H groups in total. The second-order valence-corrected chi connectivity index (χ2v) is 6.70. The molecular formula is C10H11BrN4O2S. The van der Waals surface area contributed by atoms with Crippen molar-refractivity contribution < 1.29 is 8.42 Å². The summed E-state index contributed by atoms with van der Waals surface area (Å²) in [7, 11) is -1.52. The number of rotatable bonds is 4. The van der Waals surface area contributed by atoms with Gasteiger partial charge < -0.3 is 4.57 Å². The molecule has 1 aromatic heterocycles. The normalized spacial score (nSPS) is 11.4. The molecule has 0 amide bonds. The van der Waals surface area contributed by atoms with Crippen molar-refractivity contribution in [1.29, 1.82) is 0 Å². The summed E-state index contributed by atoms with van der Waals surface area (Å²) in [5.74, 6) is 0.676. The van der Waals surface area contributed by atoms with Gasteiger partial charge in [0.25, 0.3) is 0 Å². The molecule has 0 fully saturated rings. The molecule has 0 aliphatic carbocycles. The molecule has 0 unspecified atom stereocenters. The van der Waals surface area contributed by atoms with Gasteiger partial charge in [0.15, 0.2) is 5.82 Å². The number of benzene rings is 1. The van der Waals surface area contributed by atoms with Gasteiger partial charge in [-0.1, -0.05) is 28.1 Å². The van der Waals surface area contributed by atoms with Crippen LogP contribution >= 0.6 is 15.9 Å². The monoisotopic (exact) mass is 330 g/mol. The number of hydrogen-bond donors (Lipinski definition) is 1. The van der Waals surface area contributed by atoms with Gasteiger partial charge in [-0.3, -0.25) is 4.72 Å². The largest absolute Gasteiger partial charge is 0.317 e. The van der Waals surface area contributed by atoms with Crippen molar-refractivity contribution in [3.8, 4) is 11.4 Å². The van der Waals surface area contributed by atoms with E-state index < -0.39 is 10.0 Å². The van der Waals surface area contributed by atoms with Gasteiger partial charge in [-0.15, -0.1) is 10.2 Å². The third-order valence-electron chi connectivity index (χ3n) is 2.25. The predicted octanol–water partition coefficient (Wildman–Crippen LogP) is 1.58. The molecule has 0 saturated heterocycles. The first-order chi connectivity index (χ1) is 8.52. The SMILES string of the molecule is Cn1cnnc1-c1cccc(NS(=O)(=O)CBr)c1. The van der Waals surface area contributed by atoms with E-state index in [1.54, 1.807) is 29.1 Å². The molecule has 1 aromatic carbocycles. The lowest BCUT2D eigenvalue weighted by molar-refractivity contribution is 0.606. The van der Waals surface area contributed by atoms with Gasteiger partial charge in [0, 0.05) is 18.3 Å². The number of alkyl halides is 1. The number of anilines is 1. The summed E-state index contributed by atoms with van der Waals surface area (Å²) in [5, 5.41) is 7.76. The highest BCUT2D eigenvalue weighted by Crippen LogP contribution is 2.20. The number of hydrogen-bond acceptors (Lipinski definition) is 4. The maximum absolute atomic E-state index is 11.4. The van der Waals surface area contributed by atoms with E-state index in [0.29, 0.717) is 11.5 Å². The van der Waals surface area contributed by atoms with Crippen molar-refractivity contribution in [3.63, 3.8) is 0 Å². The van der Waals surface area contributed by atoms with Crippen molar-refractivity contribution in [2.75, 3.05) is 9.38 Å². The quantitative estimate of drug-likeness (QED) is 0.863. The molecule has 0 aliphatic heterocycles. The van der Waals surface area contributed by atoms with E-state index >= 15 is 0 Å². The van der Waals surface area contributed by atoms with Crippen molar-refractivity contribution in [2.45, 2.75) is 0 Å². The second kappa shape index (κ2) is 5.07. The van der Waals surface area contributed by atoms with Gasteiger partial charge in [-0.05, 0) is 12.1 Å². The van der Waals surface area contributed by atoms with Crippen LogP contribution in [0.5, 0.6) is 0 Å². The molecule has 96 valence electrons. The third kappa shape index (κ3) is 2.88. The molecule has 8 heteroatoms. The van der Waals surface area contributed by atoms with Gasteiger partial charge in [0.1, 0.15) is 11.0 Å². The lowest BCUT2D eigenvalue weighted by atomic mass is 10.2. The van der Waals surface area contributed by atoms with E-state index in [2.05, 4.69) is 30.8 Å². The minimum atomic E-state index is -3.34. The van der Waals surface area contributed by atoms with Gasteiger partial charge in [-0.2, -0.15) is 0 Å². The first-order valence-corrected chi connectivity index (χ1v) is 7.80. The average Bonchev–Trinajstić information content (AvgIpc) is 2.75. The van der Waals surface area contributed by atoms with Crippen LogP contribution in [-0.2, 0) is 17.1 Å². The van der Waals surface area contributed by atoms with Crippen LogP contribution in [0.3, 0.4) is 0 Å². The molecule has 1 heterocycles. The Morgan fingerprint density at radius 3 is 2.83 bits per heavy atom. The lowest BCUT2D eigenvalue weighted by Crippen LogP contribution is -2.13. The van der Waals surface area contributed by atoms with Crippen LogP contribution in [0.2, 0.25) is 0 Å². The fourth-order valence-electron chi connectivity index (χ4n) is 1.47. The number of nitrogens with one attached hydrogen (secondary N) is 1. The topological polar surface area (TPSA) is 76.9 Å². The molecule has 0 atom stereocenters. The predicted molar refractivity (Wildman–Crippen MR) is 72.8 cm³/mol. The minimum absolute atomic E-state index is 0.145. The summed E-state index contributed by atoms with van der Waals surface area (Å²) in [6.07, 6.45) is 1.59. The summed E-state index contributed by atoms with van der Waals surface area (Å²) in [5.41, 5.74) is 1.29. The van der Waals surface area contributed by atoms with Crippen LogP contribution in [0, 0.1) is 0 Å². The Balaban J connectivity index is 2.35. The Bertz CT molecular complexity index is 653. The molecule has 18 heavy (non-hydrogen) atoms. The van der Waals surface area contributed by atoms with Crippen LogP contribution < -0.4 is 4.72 Å². The van der Waals surface area contributed by atoms with Crippen LogP contribution in [0.1, 0.15) is 0 Å². The smallest absolute Gasteiger partial charge is 0.242 e. The molecule has 0 spiro atoms. The maximum atomic E-state index is 11.4. The zero-order chi connectivity index (χ0) is 13.2. The zero-order valence-electron chi connectivity index (χ0n) is 9.54. The number of sulfonamides is 1. The fourth-order valence-corrected chi connectivity index (χ4v) is 2.36. The number of nitrogens with zero attached hydrogens (tertiary/aromatic N) is 3. The van der Waals surface area contributed by atoms with Gasteiger partial charge in [0.2, 0.25) is 10.0 Å². The standard InChI is InChI=1S/C10H11BrN4O2S/c1-15-7-12-13-10(15)8-3-2-4-9(5-8)14-18(16,17)6-11/h2-5,7,14H,6H2,1H3. The molecule has 2 rings (SSSR count). The zero-order valence-corrected chi connectivity index (χ0v) is 11.9. The van der Waals surface area contributed by atoms with Gasteiger partial charge in [-0.25, -0.2) is 8.42 Å². The van der Waals surface area contributed by atoms with E-state index in [4.69, 9.17) is 0 Å². The van der Waals surface area contributed by atoms with Crippen LogP contribution in [-0.4, -0.2) is 27.8 Å². The van der Waals surface area contributed by atoms with E-state index in [1.165, 1.54) is 0 Å². The molecule has 0 aliphatic rings. The molecule has 2 aromatic rings. The average molecular weight is 331 g/mol. The highest BCUT2D eigenvalue weighted by atomic mass is 79.9. The first kappa shape index (κ1) is 13.0. The first-order valence-electron chi connectivity index (χ1n) is 5.03. The van der Waals surface area contributed by atoms with Crippen molar-refractivity contribution in [1.82, 2.24) is 14.8 Å². The molecule has 6 nitrogen and oxygen atoms in total. The Morgan fingerprint density at radius 1 is 1.44 bits per heavy atom. The lowest BCUT2D eigenvalue weighted by Gasteiger charge is -2.07. The van der Waals surface area contributed by atoms with E-state index in [9.17, 15) is 8.42 Å². The highest BCUT2D eigenvalue weighted by molar-refractivity contribution is 9.10. The number of aryl methyl sites for hydroxylation is 1. The van der Waals surface area contributed by atoms with E-state index in [1.807, 2.05) is 13.1 Å². The number of aromatic nitrogens is 3. The maximum Gasteiger partial charge on any atom is 0.242 e. The summed E-state index contributed by atoms with van der Waals surface area (Å²) in [6.45, 7) is 0. The Hall–Kier alpha value is -1.41.